The summed E-state index contributed by atoms with van der Waals surface area (Å²) in [5.74, 6) is 0.348. The molecule has 0 aliphatic carbocycles. The molecule has 1 radical (unpaired) electrons. The first-order valence-electron chi connectivity index (χ1n) is 6.91. The van der Waals surface area contributed by atoms with E-state index in [0.717, 1.165) is 23.3 Å². The van der Waals surface area contributed by atoms with Crippen molar-refractivity contribution in [2.45, 2.75) is 19.0 Å². The summed E-state index contributed by atoms with van der Waals surface area (Å²) in [6, 6.07) is 11.9. The molecule has 0 unspecified atom stereocenters. The van der Waals surface area contributed by atoms with Gasteiger partial charge in [0, 0.05) is 0 Å². The van der Waals surface area contributed by atoms with Gasteiger partial charge in [-0.2, -0.15) is 13.2 Å². The van der Waals surface area contributed by atoms with E-state index >= 15 is 0 Å². The summed E-state index contributed by atoms with van der Waals surface area (Å²) in [5, 5.41) is 0. The van der Waals surface area contributed by atoms with Gasteiger partial charge in [0.25, 0.3) is 0 Å². The van der Waals surface area contributed by atoms with Crippen LogP contribution in [0.2, 0.25) is 0 Å². The Morgan fingerprint density at radius 3 is 2.43 bits per heavy atom. The molecule has 1 amide bonds. The number of nitrogens with two attached hydrogens (primary N) is 1. The second-order valence-electron chi connectivity index (χ2n) is 4.93. The lowest BCUT2D eigenvalue weighted by Crippen LogP contribution is -2.16. The van der Waals surface area contributed by atoms with E-state index in [4.69, 9.17) is 10.5 Å². The normalized spacial score (nSPS) is 11.3. The van der Waals surface area contributed by atoms with Gasteiger partial charge in [-0.05, 0) is 54.7 Å². The van der Waals surface area contributed by atoms with Crippen molar-refractivity contribution in [3.8, 4) is 5.75 Å². The summed E-state index contributed by atoms with van der Waals surface area (Å²) in [4.78, 5) is 10.7. The number of amides is 1. The van der Waals surface area contributed by atoms with Crippen LogP contribution in [0.1, 0.15) is 23.1 Å². The standard InChI is InChI=1S/C17H15F3NO2/c18-17(19,20)14-9-7-12(8-10-14)3-1-4-13-5-2-6-15(11-13)23-16(21)22/h2,4-11H,1,3H2,(H2,21,22). The van der Waals surface area contributed by atoms with Crippen molar-refractivity contribution in [1.82, 2.24) is 0 Å². The van der Waals surface area contributed by atoms with Crippen LogP contribution in [0.25, 0.3) is 0 Å². The molecule has 0 aliphatic heterocycles. The van der Waals surface area contributed by atoms with Crippen LogP contribution in [0.4, 0.5) is 18.0 Å². The lowest BCUT2D eigenvalue weighted by molar-refractivity contribution is -0.137. The van der Waals surface area contributed by atoms with Crippen molar-refractivity contribution >= 4 is 6.09 Å². The zero-order valence-corrected chi connectivity index (χ0v) is 12.1. The summed E-state index contributed by atoms with van der Waals surface area (Å²) in [5.41, 5.74) is 5.95. The van der Waals surface area contributed by atoms with E-state index in [1.165, 1.54) is 12.1 Å². The highest BCUT2D eigenvalue weighted by molar-refractivity contribution is 5.68. The minimum absolute atomic E-state index is 0.348. The van der Waals surface area contributed by atoms with Crippen molar-refractivity contribution in [2.24, 2.45) is 5.73 Å². The lowest BCUT2D eigenvalue weighted by Gasteiger charge is -2.08. The largest absolute Gasteiger partial charge is 0.416 e. The number of ether oxygens (including phenoxy) is 1. The fourth-order valence-corrected chi connectivity index (χ4v) is 2.09. The maximum atomic E-state index is 12.5. The first-order chi connectivity index (χ1) is 10.8. The molecular weight excluding hydrogens is 307 g/mol. The minimum Gasteiger partial charge on any atom is -0.410 e. The highest BCUT2D eigenvalue weighted by Crippen LogP contribution is 2.29. The topological polar surface area (TPSA) is 52.3 Å². The smallest absolute Gasteiger partial charge is 0.410 e. The molecule has 0 saturated heterocycles. The summed E-state index contributed by atoms with van der Waals surface area (Å²) in [6.45, 7) is 0. The van der Waals surface area contributed by atoms with Gasteiger partial charge in [-0.1, -0.05) is 24.3 Å². The van der Waals surface area contributed by atoms with Crippen LogP contribution in [-0.2, 0) is 12.6 Å². The molecular formula is C17H15F3NO2. The maximum Gasteiger partial charge on any atom is 0.416 e. The summed E-state index contributed by atoms with van der Waals surface area (Å²) >= 11 is 0. The van der Waals surface area contributed by atoms with E-state index in [1.807, 2.05) is 12.5 Å². The molecule has 0 heterocycles. The average molecular weight is 322 g/mol. The number of hydrogen-bond acceptors (Lipinski definition) is 2. The number of halogens is 3. The van der Waals surface area contributed by atoms with Crippen LogP contribution >= 0.6 is 0 Å². The number of alkyl halides is 3. The van der Waals surface area contributed by atoms with Crippen LogP contribution in [0, 0.1) is 6.42 Å². The van der Waals surface area contributed by atoms with Crippen molar-refractivity contribution in [2.75, 3.05) is 0 Å². The highest BCUT2D eigenvalue weighted by Gasteiger charge is 2.29. The summed E-state index contributed by atoms with van der Waals surface area (Å²) < 4.78 is 42.2. The molecule has 0 atom stereocenters. The molecule has 2 N–H and O–H groups in total. The van der Waals surface area contributed by atoms with E-state index in [-0.39, 0.29) is 0 Å². The minimum atomic E-state index is -4.31. The second kappa shape index (κ2) is 7.17. The fraction of sp³-hybridized carbons (Fsp3) is 0.176. The van der Waals surface area contributed by atoms with Gasteiger partial charge in [-0.25, -0.2) is 4.79 Å². The Morgan fingerprint density at radius 1 is 1.13 bits per heavy atom. The Morgan fingerprint density at radius 2 is 1.83 bits per heavy atom. The Balaban J connectivity index is 1.88. The first kappa shape index (κ1) is 16.9. The van der Waals surface area contributed by atoms with Gasteiger partial charge in [0.05, 0.1) is 5.56 Å². The third-order valence-electron chi connectivity index (χ3n) is 3.17. The van der Waals surface area contributed by atoms with Crippen LogP contribution < -0.4 is 10.5 Å². The van der Waals surface area contributed by atoms with Gasteiger partial charge in [-0.15, -0.1) is 0 Å². The molecule has 0 fully saturated rings. The predicted octanol–water partition coefficient (Wildman–Crippen LogP) is 4.35. The van der Waals surface area contributed by atoms with Crippen molar-refractivity contribution in [3.05, 3.63) is 71.6 Å². The Labute approximate surface area is 131 Å². The maximum absolute atomic E-state index is 12.5. The van der Waals surface area contributed by atoms with Gasteiger partial charge < -0.3 is 10.5 Å². The zero-order chi connectivity index (χ0) is 16.9. The second-order valence-corrected chi connectivity index (χ2v) is 4.93. The fourth-order valence-electron chi connectivity index (χ4n) is 2.09. The third-order valence-corrected chi connectivity index (χ3v) is 3.17. The van der Waals surface area contributed by atoms with Crippen LogP contribution in [-0.4, -0.2) is 6.09 Å². The molecule has 3 nitrogen and oxygen atoms in total. The lowest BCUT2D eigenvalue weighted by atomic mass is 10.0. The summed E-state index contributed by atoms with van der Waals surface area (Å²) in [6.07, 6.45) is -2.03. The summed E-state index contributed by atoms with van der Waals surface area (Å²) in [7, 11) is 0. The predicted molar refractivity (Wildman–Crippen MR) is 79.8 cm³/mol. The molecule has 0 aromatic heterocycles. The van der Waals surface area contributed by atoms with E-state index < -0.39 is 17.8 Å². The molecule has 0 saturated carbocycles. The van der Waals surface area contributed by atoms with Gasteiger partial charge in [0.15, 0.2) is 0 Å². The molecule has 2 aromatic rings. The van der Waals surface area contributed by atoms with Crippen LogP contribution in [0.3, 0.4) is 0 Å². The number of aryl methyl sites for hydroxylation is 1. The number of hydrogen-bond donors (Lipinski definition) is 1. The number of primary amides is 1. The highest BCUT2D eigenvalue weighted by atomic mass is 19.4. The molecule has 2 aromatic carbocycles. The molecule has 0 aliphatic rings. The van der Waals surface area contributed by atoms with Gasteiger partial charge in [0.2, 0.25) is 0 Å². The van der Waals surface area contributed by atoms with Gasteiger partial charge >= 0.3 is 12.3 Å². The number of carbonyl (C=O) groups is 1. The SMILES string of the molecule is NC(=O)Oc1cccc([CH]CCc2ccc(C(F)(F)F)cc2)c1. The molecule has 0 bridgehead atoms. The number of benzene rings is 2. The molecule has 0 spiro atoms. The van der Waals surface area contributed by atoms with E-state index in [0.29, 0.717) is 18.6 Å². The Hall–Kier alpha value is -2.50. The average Bonchev–Trinajstić information content (AvgIpc) is 2.46. The van der Waals surface area contributed by atoms with Crippen LogP contribution in [0.5, 0.6) is 5.75 Å². The quantitative estimate of drug-likeness (QED) is 0.890. The van der Waals surface area contributed by atoms with Gasteiger partial charge in [0.1, 0.15) is 5.75 Å². The molecule has 6 heteroatoms. The Kier molecular flexibility index (Phi) is 5.26. The third kappa shape index (κ3) is 5.32. The molecule has 2 rings (SSSR count). The molecule has 23 heavy (non-hydrogen) atoms. The van der Waals surface area contributed by atoms with E-state index in [9.17, 15) is 18.0 Å². The Bertz CT molecular complexity index is 666. The van der Waals surface area contributed by atoms with E-state index in [2.05, 4.69) is 0 Å². The van der Waals surface area contributed by atoms with Gasteiger partial charge in [-0.3, -0.25) is 0 Å². The van der Waals surface area contributed by atoms with E-state index in [1.54, 1.807) is 18.2 Å². The molecule has 121 valence electrons. The number of rotatable bonds is 5. The zero-order valence-electron chi connectivity index (χ0n) is 12.1. The van der Waals surface area contributed by atoms with Crippen LogP contribution in [0.15, 0.2) is 48.5 Å². The van der Waals surface area contributed by atoms with Crippen molar-refractivity contribution in [1.29, 1.82) is 0 Å². The first-order valence-corrected chi connectivity index (χ1v) is 6.91. The monoisotopic (exact) mass is 322 g/mol. The van der Waals surface area contributed by atoms with Crippen molar-refractivity contribution < 1.29 is 22.7 Å². The number of carbonyl (C=O) groups excluding carboxylic acids is 1. The van der Waals surface area contributed by atoms with Crippen molar-refractivity contribution in [3.63, 3.8) is 0 Å².